The van der Waals surface area contributed by atoms with Gasteiger partial charge in [-0.25, -0.2) is 4.98 Å². The zero-order valence-corrected chi connectivity index (χ0v) is 14.9. The van der Waals surface area contributed by atoms with Crippen LogP contribution >= 0.6 is 0 Å². The fourth-order valence-electron chi connectivity index (χ4n) is 2.88. The van der Waals surface area contributed by atoms with Crippen molar-refractivity contribution < 1.29 is 9.85 Å². The number of hydrogen-bond acceptors (Lipinski definition) is 7. The Morgan fingerprint density at radius 3 is 2.50 bits per heavy atom. The predicted molar refractivity (Wildman–Crippen MR) is 104 cm³/mol. The van der Waals surface area contributed by atoms with E-state index in [0.717, 1.165) is 0 Å². The Bertz CT molecular complexity index is 987. The van der Waals surface area contributed by atoms with E-state index in [1.807, 2.05) is 9.80 Å². The quantitative estimate of drug-likeness (QED) is 0.457. The highest BCUT2D eigenvalue weighted by Gasteiger charge is 2.24. The summed E-state index contributed by atoms with van der Waals surface area (Å²) in [6.45, 7) is 6.26. The fraction of sp³-hybridized carbons (Fsp3) is 0.211. The number of pyridine rings is 1. The molecule has 0 amide bonds. The first-order valence-electron chi connectivity index (χ1n) is 8.50. The van der Waals surface area contributed by atoms with E-state index in [1.165, 1.54) is 24.4 Å². The second-order valence-corrected chi connectivity index (χ2v) is 6.08. The third-order valence-electron chi connectivity index (χ3n) is 4.33. The lowest BCUT2D eigenvalue weighted by Gasteiger charge is -2.35. The normalized spacial score (nSPS) is 13.4. The Morgan fingerprint density at radius 2 is 1.82 bits per heavy atom. The van der Waals surface area contributed by atoms with Crippen LogP contribution in [0.1, 0.15) is 5.56 Å². The van der Waals surface area contributed by atoms with Gasteiger partial charge in [0.2, 0.25) is 5.82 Å². The van der Waals surface area contributed by atoms with E-state index in [1.54, 1.807) is 18.2 Å². The van der Waals surface area contributed by atoms with E-state index < -0.39 is 9.85 Å². The second kappa shape index (κ2) is 8.18. The first-order chi connectivity index (χ1) is 13.5. The number of benzene rings is 1. The monoisotopic (exact) mass is 379 g/mol. The Hall–Kier alpha value is -3.93. The molecule has 1 aliphatic heterocycles. The van der Waals surface area contributed by atoms with E-state index in [-0.39, 0.29) is 11.4 Å². The topological polar surface area (TPSA) is 106 Å². The van der Waals surface area contributed by atoms with Crippen LogP contribution in [0.4, 0.5) is 17.2 Å². The Balaban J connectivity index is 1.65. The summed E-state index contributed by atoms with van der Waals surface area (Å²) in [5.41, 5.74) is 1.11. The van der Waals surface area contributed by atoms with Gasteiger partial charge in [0.15, 0.2) is 0 Å². The molecular formula is C19H17N5O4. The van der Waals surface area contributed by atoms with Crippen molar-refractivity contribution in [3.05, 3.63) is 80.7 Å². The molecule has 2 heterocycles. The lowest BCUT2D eigenvalue weighted by molar-refractivity contribution is -0.384. The Kier molecular flexibility index (Phi) is 5.50. The van der Waals surface area contributed by atoms with Crippen LogP contribution in [0.3, 0.4) is 0 Å². The zero-order valence-electron chi connectivity index (χ0n) is 14.9. The van der Waals surface area contributed by atoms with Gasteiger partial charge in [-0.05, 0) is 18.1 Å². The Morgan fingerprint density at radius 1 is 1.07 bits per heavy atom. The van der Waals surface area contributed by atoms with Crippen molar-refractivity contribution >= 4 is 17.2 Å². The molecule has 0 radical (unpaired) electrons. The molecule has 28 heavy (non-hydrogen) atoms. The highest BCUT2D eigenvalue weighted by atomic mass is 16.6. The number of piperazine rings is 1. The Labute approximate surface area is 161 Å². The summed E-state index contributed by atoms with van der Waals surface area (Å²) in [4.78, 5) is 29.1. The molecule has 0 spiro atoms. The van der Waals surface area contributed by atoms with Gasteiger partial charge in [0, 0.05) is 56.1 Å². The number of anilines is 1. The molecule has 1 aromatic carbocycles. The summed E-state index contributed by atoms with van der Waals surface area (Å²) in [7, 11) is 0. The van der Waals surface area contributed by atoms with Crippen molar-refractivity contribution in [1.82, 2.24) is 9.88 Å². The average Bonchev–Trinajstić information content (AvgIpc) is 2.72. The van der Waals surface area contributed by atoms with Crippen molar-refractivity contribution in [3.8, 4) is 11.8 Å². The maximum Gasteiger partial charge on any atom is 0.311 e. The van der Waals surface area contributed by atoms with Gasteiger partial charge in [-0.1, -0.05) is 18.6 Å². The van der Waals surface area contributed by atoms with Gasteiger partial charge in [-0.2, -0.15) is 0 Å². The number of rotatable bonds is 4. The van der Waals surface area contributed by atoms with Gasteiger partial charge in [-0.15, -0.1) is 0 Å². The summed E-state index contributed by atoms with van der Waals surface area (Å²) >= 11 is 0. The standard InChI is InChI=1S/C19H17N5O4/c1-15(7-8-16-4-2-5-17(14-16)23(25)26)21-10-12-22(13-11-21)19-18(24(27)28)6-3-9-20-19/h2-6,9,14H,1,10-13H2. The number of hydrogen-bond donors (Lipinski definition) is 0. The summed E-state index contributed by atoms with van der Waals surface area (Å²) in [6, 6.07) is 9.10. The molecule has 0 unspecified atom stereocenters. The van der Waals surface area contributed by atoms with Crippen LogP contribution in [0.15, 0.2) is 54.9 Å². The van der Waals surface area contributed by atoms with Crippen molar-refractivity contribution in [2.24, 2.45) is 0 Å². The molecule has 0 aliphatic carbocycles. The van der Waals surface area contributed by atoms with Crippen LogP contribution < -0.4 is 4.90 Å². The second-order valence-electron chi connectivity index (χ2n) is 6.08. The lowest BCUT2D eigenvalue weighted by Crippen LogP contribution is -2.46. The zero-order chi connectivity index (χ0) is 20.1. The highest BCUT2D eigenvalue weighted by Crippen LogP contribution is 2.26. The molecule has 1 fully saturated rings. The van der Waals surface area contributed by atoms with Crippen LogP contribution in [0, 0.1) is 32.1 Å². The van der Waals surface area contributed by atoms with Crippen LogP contribution in [0.25, 0.3) is 0 Å². The van der Waals surface area contributed by atoms with Crippen LogP contribution in [-0.2, 0) is 0 Å². The van der Waals surface area contributed by atoms with Crippen molar-refractivity contribution in [3.63, 3.8) is 0 Å². The molecule has 0 atom stereocenters. The summed E-state index contributed by atoms with van der Waals surface area (Å²) in [5.74, 6) is 6.19. The molecular weight excluding hydrogens is 362 g/mol. The molecule has 1 saturated heterocycles. The average molecular weight is 379 g/mol. The maximum atomic E-state index is 11.2. The molecule has 1 aliphatic rings. The minimum Gasteiger partial charge on any atom is -0.362 e. The number of allylic oxidation sites excluding steroid dienone is 1. The van der Waals surface area contributed by atoms with Crippen LogP contribution in [0.5, 0.6) is 0 Å². The van der Waals surface area contributed by atoms with Gasteiger partial charge in [0.25, 0.3) is 5.69 Å². The summed E-state index contributed by atoms with van der Waals surface area (Å²) < 4.78 is 0. The van der Waals surface area contributed by atoms with E-state index in [0.29, 0.717) is 43.3 Å². The third kappa shape index (κ3) is 4.24. The maximum absolute atomic E-state index is 11.2. The van der Waals surface area contributed by atoms with Crippen molar-refractivity contribution in [1.29, 1.82) is 0 Å². The number of non-ortho nitro benzene ring substituents is 1. The van der Waals surface area contributed by atoms with Gasteiger partial charge >= 0.3 is 5.69 Å². The van der Waals surface area contributed by atoms with Gasteiger partial charge in [0.1, 0.15) is 0 Å². The van der Waals surface area contributed by atoms with E-state index in [2.05, 4.69) is 23.4 Å². The number of nitrogens with zero attached hydrogens (tertiary/aromatic N) is 5. The molecule has 2 aromatic rings. The molecule has 1 aromatic heterocycles. The molecule has 3 rings (SSSR count). The number of aromatic nitrogens is 1. The minimum atomic E-state index is -0.462. The molecule has 9 heteroatoms. The van der Waals surface area contributed by atoms with Crippen molar-refractivity contribution in [2.45, 2.75) is 0 Å². The smallest absolute Gasteiger partial charge is 0.311 e. The first-order valence-corrected chi connectivity index (χ1v) is 8.50. The van der Waals surface area contributed by atoms with E-state index >= 15 is 0 Å². The summed E-state index contributed by atoms with van der Waals surface area (Å²) in [5, 5.41) is 22.0. The highest BCUT2D eigenvalue weighted by molar-refractivity contribution is 5.57. The molecule has 9 nitrogen and oxygen atoms in total. The SMILES string of the molecule is C=C(C#Cc1cccc([N+](=O)[O-])c1)N1CCN(c2ncccc2[N+](=O)[O-])CC1. The fourth-order valence-corrected chi connectivity index (χ4v) is 2.88. The minimum absolute atomic E-state index is 0.0111. The van der Waals surface area contributed by atoms with Gasteiger partial charge in [0.05, 0.1) is 15.5 Å². The van der Waals surface area contributed by atoms with E-state index in [4.69, 9.17) is 0 Å². The molecule has 0 bridgehead atoms. The van der Waals surface area contributed by atoms with Gasteiger partial charge in [-0.3, -0.25) is 20.2 Å². The molecule has 142 valence electrons. The van der Waals surface area contributed by atoms with Crippen LogP contribution in [0.2, 0.25) is 0 Å². The first kappa shape index (κ1) is 18.8. The van der Waals surface area contributed by atoms with Gasteiger partial charge < -0.3 is 9.80 Å². The van der Waals surface area contributed by atoms with Crippen LogP contribution in [-0.4, -0.2) is 45.9 Å². The third-order valence-corrected chi connectivity index (χ3v) is 4.33. The number of nitro benzene ring substituents is 1. The largest absolute Gasteiger partial charge is 0.362 e. The predicted octanol–water partition coefficient (Wildman–Crippen LogP) is 2.59. The molecule has 0 N–H and O–H groups in total. The number of nitro groups is 2. The van der Waals surface area contributed by atoms with E-state index in [9.17, 15) is 20.2 Å². The lowest BCUT2D eigenvalue weighted by atomic mass is 10.2. The van der Waals surface area contributed by atoms with Crippen molar-refractivity contribution in [2.75, 3.05) is 31.1 Å². The molecule has 0 saturated carbocycles. The summed E-state index contributed by atoms with van der Waals surface area (Å²) in [6.07, 6.45) is 1.54.